The van der Waals surface area contributed by atoms with Gasteiger partial charge in [-0.3, -0.25) is 0 Å². The molecule has 74 valence electrons. The molecule has 14 heavy (non-hydrogen) atoms. The summed E-state index contributed by atoms with van der Waals surface area (Å²) < 4.78 is 5.35. The number of aliphatic hydroxyl groups excluding tert-OH is 1. The van der Waals surface area contributed by atoms with E-state index in [-0.39, 0.29) is 12.7 Å². The summed E-state index contributed by atoms with van der Waals surface area (Å²) in [5.41, 5.74) is 1.92. The largest absolute Gasteiger partial charge is 0.394 e. The van der Waals surface area contributed by atoms with Gasteiger partial charge in [-0.25, -0.2) is 0 Å². The van der Waals surface area contributed by atoms with Crippen LogP contribution >= 0.6 is 0 Å². The Kier molecular flexibility index (Phi) is 4.18. The Hall–Kier alpha value is -1.30. The van der Waals surface area contributed by atoms with Crippen molar-refractivity contribution < 1.29 is 9.84 Å². The molecule has 0 bridgehead atoms. The van der Waals surface area contributed by atoms with Gasteiger partial charge < -0.3 is 9.84 Å². The Morgan fingerprint density at radius 1 is 1.43 bits per heavy atom. The molecule has 0 saturated carbocycles. The fourth-order valence-electron chi connectivity index (χ4n) is 0.988. The van der Waals surface area contributed by atoms with Crippen molar-refractivity contribution in [3.63, 3.8) is 0 Å². The first kappa shape index (κ1) is 10.8. The number of terminal acetylenes is 1. The van der Waals surface area contributed by atoms with Gasteiger partial charge in [0.25, 0.3) is 0 Å². The minimum atomic E-state index is -0.123. The molecule has 0 aliphatic carbocycles. The van der Waals surface area contributed by atoms with Gasteiger partial charge in [0.1, 0.15) is 0 Å². The summed E-state index contributed by atoms with van der Waals surface area (Å²) in [6.07, 6.45) is 5.11. The van der Waals surface area contributed by atoms with Crippen molar-refractivity contribution in [2.45, 2.75) is 19.6 Å². The Balaban J connectivity index is 2.49. The first-order chi connectivity index (χ1) is 6.76. The van der Waals surface area contributed by atoms with Crippen LogP contribution in [0.25, 0.3) is 0 Å². The third-order valence-electron chi connectivity index (χ3n) is 1.91. The summed E-state index contributed by atoms with van der Waals surface area (Å²) in [6.45, 7) is 2.38. The Labute approximate surface area is 84.5 Å². The molecule has 2 nitrogen and oxygen atoms in total. The zero-order chi connectivity index (χ0) is 10.4. The second-order valence-electron chi connectivity index (χ2n) is 3.15. The lowest BCUT2D eigenvalue weighted by molar-refractivity contribution is 0.0145. The van der Waals surface area contributed by atoms with E-state index in [1.807, 2.05) is 31.2 Å². The van der Waals surface area contributed by atoms with Gasteiger partial charge in [-0.2, -0.15) is 0 Å². The van der Waals surface area contributed by atoms with E-state index in [9.17, 15) is 0 Å². The lowest BCUT2D eigenvalue weighted by Gasteiger charge is -2.09. The van der Waals surface area contributed by atoms with Crippen molar-refractivity contribution in [1.29, 1.82) is 0 Å². The monoisotopic (exact) mass is 190 g/mol. The third kappa shape index (κ3) is 3.21. The van der Waals surface area contributed by atoms with Crippen LogP contribution < -0.4 is 0 Å². The molecule has 0 heterocycles. The van der Waals surface area contributed by atoms with Crippen LogP contribution in [-0.2, 0) is 11.3 Å². The summed E-state index contributed by atoms with van der Waals surface area (Å²) in [7, 11) is 0. The quantitative estimate of drug-likeness (QED) is 0.730. The number of hydrogen-bond donors (Lipinski definition) is 1. The Morgan fingerprint density at radius 3 is 2.57 bits per heavy atom. The van der Waals surface area contributed by atoms with E-state index in [0.717, 1.165) is 11.1 Å². The normalized spacial score (nSPS) is 12.1. The highest BCUT2D eigenvalue weighted by Gasteiger charge is 1.99. The number of rotatable bonds is 4. The van der Waals surface area contributed by atoms with Gasteiger partial charge in [-0.1, -0.05) is 18.1 Å². The molecule has 1 aromatic carbocycles. The van der Waals surface area contributed by atoms with Gasteiger partial charge in [0.05, 0.1) is 19.3 Å². The van der Waals surface area contributed by atoms with Crippen molar-refractivity contribution in [2.75, 3.05) is 6.61 Å². The molecular weight excluding hydrogens is 176 g/mol. The maximum Gasteiger partial charge on any atom is 0.0782 e. The Bertz CT molecular complexity index is 308. The van der Waals surface area contributed by atoms with E-state index in [0.29, 0.717) is 6.61 Å². The van der Waals surface area contributed by atoms with Crippen LogP contribution in [0, 0.1) is 12.3 Å². The molecule has 1 rings (SSSR count). The van der Waals surface area contributed by atoms with E-state index in [2.05, 4.69) is 5.92 Å². The molecule has 0 aliphatic rings. The van der Waals surface area contributed by atoms with E-state index in [4.69, 9.17) is 16.3 Å². The van der Waals surface area contributed by atoms with Crippen LogP contribution in [0.4, 0.5) is 0 Å². The van der Waals surface area contributed by atoms with Gasteiger partial charge in [0.15, 0.2) is 0 Å². The molecule has 0 aromatic heterocycles. The molecule has 0 spiro atoms. The van der Waals surface area contributed by atoms with Crippen LogP contribution in [-0.4, -0.2) is 17.8 Å². The predicted octanol–water partition coefficient (Wildman–Crippen LogP) is 1.57. The molecule has 2 heteroatoms. The number of aliphatic hydroxyl groups is 1. The molecule has 1 aromatic rings. The zero-order valence-electron chi connectivity index (χ0n) is 8.23. The van der Waals surface area contributed by atoms with Gasteiger partial charge in [0.2, 0.25) is 0 Å². The van der Waals surface area contributed by atoms with Gasteiger partial charge >= 0.3 is 0 Å². The summed E-state index contributed by atoms with van der Waals surface area (Å²) in [5, 5.41) is 8.74. The second-order valence-corrected chi connectivity index (χ2v) is 3.15. The van der Waals surface area contributed by atoms with Crippen LogP contribution in [0.3, 0.4) is 0 Å². The Morgan fingerprint density at radius 2 is 2.07 bits per heavy atom. The average molecular weight is 190 g/mol. The fourth-order valence-corrected chi connectivity index (χ4v) is 0.988. The molecule has 0 unspecified atom stereocenters. The van der Waals surface area contributed by atoms with Crippen molar-refractivity contribution in [3.8, 4) is 12.3 Å². The summed E-state index contributed by atoms with van der Waals surface area (Å²) in [5.74, 6) is 2.55. The van der Waals surface area contributed by atoms with Gasteiger partial charge in [0, 0.05) is 5.56 Å². The average Bonchev–Trinajstić information content (AvgIpc) is 2.26. The third-order valence-corrected chi connectivity index (χ3v) is 1.91. The van der Waals surface area contributed by atoms with E-state index >= 15 is 0 Å². The maximum atomic E-state index is 8.74. The van der Waals surface area contributed by atoms with E-state index in [1.165, 1.54) is 0 Å². The standard InChI is InChI=1S/C12H14O2/c1-3-11-4-6-12(7-5-11)9-14-10(2)8-13/h1,4-7,10,13H,8-9H2,2H3/t10-/m1/s1. The maximum absolute atomic E-state index is 8.74. The predicted molar refractivity (Wildman–Crippen MR) is 55.7 cm³/mol. The second kappa shape index (κ2) is 5.43. The molecule has 0 amide bonds. The van der Waals surface area contributed by atoms with Crippen LogP contribution in [0.5, 0.6) is 0 Å². The van der Waals surface area contributed by atoms with Crippen molar-refractivity contribution in [1.82, 2.24) is 0 Å². The highest BCUT2D eigenvalue weighted by molar-refractivity contribution is 5.33. The molecular formula is C12H14O2. The molecule has 1 atom stereocenters. The minimum absolute atomic E-state index is 0.0441. The van der Waals surface area contributed by atoms with Crippen LogP contribution in [0.1, 0.15) is 18.1 Å². The minimum Gasteiger partial charge on any atom is -0.394 e. The SMILES string of the molecule is C#Cc1ccc(CO[C@H](C)CO)cc1. The molecule has 0 fully saturated rings. The number of hydrogen-bond acceptors (Lipinski definition) is 2. The topological polar surface area (TPSA) is 29.5 Å². The lowest BCUT2D eigenvalue weighted by Crippen LogP contribution is -2.12. The molecule has 0 aliphatic heterocycles. The number of benzene rings is 1. The summed E-state index contributed by atoms with van der Waals surface area (Å²) in [4.78, 5) is 0. The highest BCUT2D eigenvalue weighted by Crippen LogP contribution is 2.05. The van der Waals surface area contributed by atoms with E-state index in [1.54, 1.807) is 0 Å². The first-order valence-corrected chi connectivity index (χ1v) is 4.54. The molecule has 1 N–H and O–H groups in total. The van der Waals surface area contributed by atoms with Crippen molar-refractivity contribution >= 4 is 0 Å². The zero-order valence-corrected chi connectivity index (χ0v) is 8.23. The summed E-state index contributed by atoms with van der Waals surface area (Å²) in [6, 6.07) is 7.61. The van der Waals surface area contributed by atoms with Gasteiger partial charge in [-0.05, 0) is 24.6 Å². The number of ether oxygens (including phenoxy) is 1. The molecule has 0 saturated heterocycles. The van der Waals surface area contributed by atoms with Crippen LogP contribution in [0.15, 0.2) is 24.3 Å². The smallest absolute Gasteiger partial charge is 0.0782 e. The lowest BCUT2D eigenvalue weighted by atomic mass is 10.1. The fraction of sp³-hybridized carbons (Fsp3) is 0.333. The van der Waals surface area contributed by atoms with Crippen molar-refractivity contribution in [2.24, 2.45) is 0 Å². The van der Waals surface area contributed by atoms with E-state index < -0.39 is 0 Å². The molecule has 0 radical (unpaired) electrons. The highest BCUT2D eigenvalue weighted by atomic mass is 16.5. The summed E-state index contributed by atoms with van der Waals surface area (Å²) >= 11 is 0. The van der Waals surface area contributed by atoms with Crippen LogP contribution in [0.2, 0.25) is 0 Å². The van der Waals surface area contributed by atoms with Crippen molar-refractivity contribution in [3.05, 3.63) is 35.4 Å². The van der Waals surface area contributed by atoms with Gasteiger partial charge in [-0.15, -0.1) is 6.42 Å². The first-order valence-electron chi connectivity index (χ1n) is 4.54.